The monoisotopic (exact) mass is 176 g/mol. The number of carbonyl (C=O) groups is 1. The zero-order chi connectivity index (χ0) is 9.84. The number of anilines is 1. The molecule has 0 saturated heterocycles. The van der Waals surface area contributed by atoms with Crippen LogP contribution in [0, 0.1) is 18.3 Å². The lowest BCUT2D eigenvalue weighted by atomic mass is 10.1. The van der Waals surface area contributed by atoms with Crippen LogP contribution in [0.5, 0.6) is 0 Å². The molecule has 0 heterocycles. The van der Waals surface area contributed by atoms with Gasteiger partial charge in [0.05, 0.1) is 11.6 Å². The molecule has 0 aliphatic heterocycles. The Bertz CT molecular complexity index is 380. The van der Waals surface area contributed by atoms with Crippen LogP contribution in [0.1, 0.15) is 11.1 Å². The van der Waals surface area contributed by atoms with Gasteiger partial charge in [-0.3, -0.25) is 5.32 Å². The minimum absolute atomic E-state index is 0.412. The number of benzene rings is 1. The van der Waals surface area contributed by atoms with E-state index in [1.807, 2.05) is 6.07 Å². The first-order valence-corrected chi connectivity index (χ1v) is 3.64. The van der Waals surface area contributed by atoms with Crippen molar-refractivity contribution >= 4 is 11.8 Å². The van der Waals surface area contributed by atoms with E-state index in [0.717, 1.165) is 5.56 Å². The molecule has 0 atom stereocenters. The Kier molecular flexibility index (Phi) is 2.50. The van der Waals surface area contributed by atoms with E-state index in [1.54, 1.807) is 19.1 Å². The van der Waals surface area contributed by atoms with Gasteiger partial charge in [0, 0.05) is 5.69 Å². The molecule has 0 spiro atoms. The van der Waals surface area contributed by atoms with Crippen molar-refractivity contribution in [2.45, 2.75) is 6.92 Å². The summed E-state index contributed by atoms with van der Waals surface area (Å²) >= 11 is 0. The van der Waals surface area contributed by atoms with Crippen molar-refractivity contribution < 1.29 is 9.90 Å². The number of nitrogens with zero attached hydrogens (tertiary/aromatic N) is 1. The fraction of sp³-hybridized carbons (Fsp3) is 0.111. The van der Waals surface area contributed by atoms with E-state index in [4.69, 9.17) is 10.4 Å². The molecular weight excluding hydrogens is 168 g/mol. The number of amides is 1. The van der Waals surface area contributed by atoms with Crippen LogP contribution in [0.2, 0.25) is 0 Å². The zero-order valence-corrected chi connectivity index (χ0v) is 7.03. The SMILES string of the molecule is Cc1ccc(NC(=O)O)cc1C#N. The molecule has 66 valence electrons. The number of aryl methyl sites for hydroxylation is 1. The normalized spacial score (nSPS) is 8.92. The van der Waals surface area contributed by atoms with Crippen LogP contribution in [-0.2, 0) is 0 Å². The molecule has 0 aliphatic rings. The van der Waals surface area contributed by atoms with Crippen molar-refractivity contribution in [2.24, 2.45) is 0 Å². The largest absolute Gasteiger partial charge is 0.465 e. The van der Waals surface area contributed by atoms with Gasteiger partial charge in [0.25, 0.3) is 0 Å². The highest BCUT2D eigenvalue weighted by Gasteiger charge is 2.01. The fourth-order valence-corrected chi connectivity index (χ4v) is 0.944. The molecule has 1 aromatic carbocycles. The molecule has 0 aliphatic carbocycles. The average molecular weight is 176 g/mol. The highest BCUT2D eigenvalue weighted by Crippen LogP contribution is 2.13. The average Bonchev–Trinajstić information content (AvgIpc) is 2.07. The first kappa shape index (κ1) is 9.07. The molecule has 0 fully saturated rings. The topological polar surface area (TPSA) is 73.1 Å². The summed E-state index contributed by atoms with van der Waals surface area (Å²) in [6.07, 6.45) is -1.13. The molecule has 1 rings (SSSR count). The summed E-state index contributed by atoms with van der Waals surface area (Å²) < 4.78 is 0. The summed E-state index contributed by atoms with van der Waals surface area (Å²) in [5, 5.41) is 19.2. The van der Waals surface area contributed by atoms with E-state index in [1.165, 1.54) is 6.07 Å². The maximum absolute atomic E-state index is 10.3. The van der Waals surface area contributed by atoms with Gasteiger partial charge >= 0.3 is 6.09 Å². The van der Waals surface area contributed by atoms with E-state index in [-0.39, 0.29) is 0 Å². The van der Waals surface area contributed by atoms with Crippen molar-refractivity contribution in [1.29, 1.82) is 5.26 Å². The van der Waals surface area contributed by atoms with Gasteiger partial charge in [0.1, 0.15) is 0 Å². The Labute approximate surface area is 75.4 Å². The van der Waals surface area contributed by atoms with Crippen molar-refractivity contribution in [2.75, 3.05) is 5.32 Å². The van der Waals surface area contributed by atoms with E-state index >= 15 is 0 Å². The maximum atomic E-state index is 10.3. The Morgan fingerprint density at radius 3 is 2.85 bits per heavy atom. The van der Waals surface area contributed by atoms with Crippen LogP contribution in [0.25, 0.3) is 0 Å². The second kappa shape index (κ2) is 3.59. The smallest absolute Gasteiger partial charge is 0.409 e. The molecule has 13 heavy (non-hydrogen) atoms. The third-order valence-corrected chi connectivity index (χ3v) is 1.61. The van der Waals surface area contributed by atoms with Crippen molar-refractivity contribution in [3.05, 3.63) is 29.3 Å². The zero-order valence-electron chi connectivity index (χ0n) is 7.03. The van der Waals surface area contributed by atoms with Gasteiger partial charge in [-0.2, -0.15) is 5.26 Å². The van der Waals surface area contributed by atoms with Gasteiger partial charge in [-0.15, -0.1) is 0 Å². The molecular formula is C9H8N2O2. The minimum Gasteiger partial charge on any atom is -0.465 e. The maximum Gasteiger partial charge on any atom is 0.409 e. The summed E-state index contributed by atoms with van der Waals surface area (Å²) in [7, 11) is 0. The molecule has 0 bridgehead atoms. The standard InChI is InChI=1S/C9H8N2O2/c1-6-2-3-8(11-9(12)13)4-7(6)5-10/h2-4,11H,1H3,(H,12,13). The molecule has 4 nitrogen and oxygen atoms in total. The number of rotatable bonds is 1. The van der Waals surface area contributed by atoms with Crippen LogP contribution in [-0.4, -0.2) is 11.2 Å². The summed E-state index contributed by atoms with van der Waals surface area (Å²) in [4.78, 5) is 10.3. The molecule has 0 radical (unpaired) electrons. The molecule has 2 N–H and O–H groups in total. The van der Waals surface area contributed by atoms with Crippen LogP contribution < -0.4 is 5.32 Å². The van der Waals surface area contributed by atoms with Crippen LogP contribution in [0.15, 0.2) is 18.2 Å². The third kappa shape index (κ3) is 2.20. The molecule has 0 unspecified atom stereocenters. The van der Waals surface area contributed by atoms with Crippen molar-refractivity contribution in [3.63, 3.8) is 0 Å². The predicted octanol–water partition coefficient (Wildman–Crippen LogP) is 1.96. The molecule has 0 saturated carbocycles. The fourth-order valence-electron chi connectivity index (χ4n) is 0.944. The predicted molar refractivity (Wildman–Crippen MR) is 47.5 cm³/mol. The number of hydrogen-bond donors (Lipinski definition) is 2. The summed E-state index contributed by atoms with van der Waals surface area (Å²) in [5.41, 5.74) is 1.72. The quantitative estimate of drug-likeness (QED) is 0.686. The second-order valence-corrected chi connectivity index (χ2v) is 2.57. The summed E-state index contributed by atoms with van der Waals surface area (Å²) in [6, 6.07) is 6.79. The van der Waals surface area contributed by atoms with E-state index < -0.39 is 6.09 Å². The van der Waals surface area contributed by atoms with E-state index in [9.17, 15) is 4.79 Å². The number of carboxylic acid groups (broad SMARTS) is 1. The van der Waals surface area contributed by atoms with E-state index in [0.29, 0.717) is 11.3 Å². The molecule has 0 aromatic heterocycles. The second-order valence-electron chi connectivity index (χ2n) is 2.57. The van der Waals surface area contributed by atoms with Gasteiger partial charge in [0.2, 0.25) is 0 Å². The lowest BCUT2D eigenvalue weighted by Crippen LogP contribution is -2.07. The van der Waals surface area contributed by atoms with Gasteiger partial charge in [-0.25, -0.2) is 4.79 Å². The Balaban J connectivity index is 3.01. The first-order valence-electron chi connectivity index (χ1n) is 3.64. The highest BCUT2D eigenvalue weighted by atomic mass is 16.4. The molecule has 4 heteroatoms. The highest BCUT2D eigenvalue weighted by molar-refractivity contribution is 5.83. The number of nitriles is 1. The molecule has 1 aromatic rings. The van der Waals surface area contributed by atoms with Crippen LogP contribution in [0.3, 0.4) is 0 Å². The number of hydrogen-bond acceptors (Lipinski definition) is 2. The lowest BCUT2D eigenvalue weighted by molar-refractivity contribution is 0.210. The minimum atomic E-state index is -1.13. The van der Waals surface area contributed by atoms with Gasteiger partial charge < -0.3 is 5.11 Å². The third-order valence-electron chi connectivity index (χ3n) is 1.61. The van der Waals surface area contributed by atoms with Crippen molar-refractivity contribution in [1.82, 2.24) is 0 Å². The molecule has 1 amide bonds. The van der Waals surface area contributed by atoms with Gasteiger partial charge in [0.15, 0.2) is 0 Å². The lowest BCUT2D eigenvalue weighted by Gasteiger charge is -2.02. The summed E-state index contributed by atoms with van der Waals surface area (Å²) in [5.74, 6) is 0. The first-order chi connectivity index (χ1) is 6.13. The van der Waals surface area contributed by atoms with E-state index in [2.05, 4.69) is 5.32 Å². The van der Waals surface area contributed by atoms with Gasteiger partial charge in [-0.05, 0) is 24.6 Å². The Morgan fingerprint density at radius 2 is 2.31 bits per heavy atom. The van der Waals surface area contributed by atoms with Crippen molar-refractivity contribution in [3.8, 4) is 6.07 Å². The van der Waals surface area contributed by atoms with Crippen LogP contribution in [0.4, 0.5) is 10.5 Å². The number of nitrogens with one attached hydrogen (secondary N) is 1. The van der Waals surface area contributed by atoms with Crippen LogP contribution >= 0.6 is 0 Å². The Hall–Kier alpha value is -2.02. The van der Waals surface area contributed by atoms with Gasteiger partial charge in [-0.1, -0.05) is 6.07 Å². The Morgan fingerprint density at radius 1 is 1.62 bits per heavy atom. The summed E-state index contributed by atoms with van der Waals surface area (Å²) in [6.45, 7) is 1.79.